The largest absolute Gasteiger partial charge is 0.496 e. The van der Waals surface area contributed by atoms with Crippen molar-refractivity contribution in [1.82, 2.24) is 4.98 Å². The number of methoxy groups -OCH3 is 3. The van der Waals surface area contributed by atoms with Gasteiger partial charge in [0.2, 0.25) is 0 Å². The van der Waals surface area contributed by atoms with E-state index in [4.69, 9.17) is 30.2 Å². The van der Waals surface area contributed by atoms with Crippen LogP contribution in [0.4, 0.5) is 5.69 Å². The first kappa shape index (κ1) is 18.6. The SMILES string of the molecule is COc1cc(NC(=O)c2ncoc2-c2ccccc2OC)c(OC)cc1Cl. The van der Waals surface area contributed by atoms with E-state index in [9.17, 15) is 4.79 Å². The van der Waals surface area contributed by atoms with Crippen LogP contribution in [0.3, 0.4) is 0 Å². The van der Waals surface area contributed by atoms with Gasteiger partial charge in [0.1, 0.15) is 17.2 Å². The van der Waals surface area contributed by atoms with Crippen molar-refractivity contribution in [2.45, 2.75) is 0 Å². The minimum Gasteiger partial charge on any atom is -0.496 e. The molecule has 0 saturated heterocycles. The van der Waals surface area contributed by atoms with E-state index in [0.29, 0.717) is 39.3 Å². The van der Waals surface area contributed by atoms with Crippen LogP contribution in [-0.2, 0) is 0 Å². The number of hydrogen-bond acceptors (Lipinski definition) is 6. The lowest BCUT2D eigenvalue weighted by molar-refractivity contribution is 0.102. The molecular formula is C19H17ClN2O5. The van der Waals surface area contributed by atoms with E-state index in [1.54, 1.807) is 31.4 Å². The van der Waals surface area contributed by atoms with E-state index in [1.807, 2.05) is 12.1 Å². The lowest BCUT2D eigenvalue weighted by atomic mass is 10.1. The fourth-order valence-electron chi connectivity index (χ4n) is 2.57. The van der Waals surface area contributed by atoms with E-state index in [-0.39, 0.29) is 5.69 Å². The van der Waals surface area contributed by atoms with Crippen LogP contribution in [0.15, 0.2) is 47.2 Å². The molecule has 0 radical (unpaired) electrons. The standard InChI is InChI=1S/C19H17ClN2O5/c1-24-14-7-5-4-6-11(14)18-17(21-10-27-18)19(23)22-13-9-15(25-2)12(20)8-16(13)26-3/h4-10H,1-3H3,(H,22,23). The average molecular weight is 389 g/mol. The molecule has 140 valence electrons. The first-order valence-corrected chi connectivity index (χ1v) is 8.26. The number of rotatable bonds is 6. The second kappa shape index (κ2) is 8.01. The van der Waals surface area contributed by atoms with Gasteiger partial charge in [0.25, 0.3) is 5.91 Å². The Hall–Kier alpha value is -3.19. The van der Waals surface area contributed by atoms with Crippen LogP contribution >= 0.6 is 11.6 Å². The molecule has 0 fully saturated rings. The molecule has 1 amide bonds. The Bertz CT molecular complexity index is 970. The summed E-state index contributed by atoms with van der Waals surface area (Å²) in [5.74, 6) is 1.17. The molecule has 7 nitrogen and oxygen atoms in total. The van der Waals surface area contributed by atoms with Crippen LogP contribution in [0.1, 0.15) is 10.5 Å². The topological polar surface area (TPSA) is 82.8 Å². The zero-order chi connectivity index (χ0) is 19.4. The quantitative estimate of drug-likeness (QED) is 0.678. The third-order valence-corrected chi connectivity index (χ3v) is 4.15. The van der Waals surface area contributed by atoms with Crippen molar-refractivity contribution >= 4 is 23.2 Å². The summed E-state index contributed by atoms with van der Waals surface area (Å²) in [6.07, 6.45) is 1.20. The van der Waals surface area contributed by atoms with Gasteiger partial charge >= 0.3 is 0 Å². The molecule has 27 heavy (non-hydrogen) atoms. The van der Waals surface area contributed by atoms with Crippen LogP contribution in [0.2, 0.25) is 5.02 Å². The van der Waals surface area contributed by atoms with Crippen molar-refractivity contribution in [2.24, 2.45) is 0 Å². The van der Waals surface area contributed by atoms with E-state index in [1.165, 1.54) is 20.6 Å². The van der Waals surface area contributed by atoms with E-state index >= 15 is 0 Å². The first-order chi connectivity index (χ1) is 13.1. The van der Waals surface area contributed by atoms with Crippen LogP contribution in [0, 0.1) is 0 Å². The summed E-state index contributed by atoms with van der Waals surface area (Å²) in [4.78, 5) is 16.9. The number of halogens is 1. The molecule has 0 saturated carbocycles. The highest BCUT2D eigenvalue weighted by molar-refractivity contribution is 6.32. The molecular weight excluding hydrogens is 372 g/mol. The lowest BCUT2D eigenvalue weighted by Gasteiger charge is -2.13. The maximum atomic E-state index is 12.8. The van der Waals surface area contributed by atoms with Gasteiger partial charge in [-0.25, -0.2) is 4.98 Å². The lowest BCUT2D eigenvalue weighted by Crippen LogP contribution is -2.14. The van der Waals surface area contributed by atoms with Crippen molar-refractivity contribution in [3.05, 3.63) is 53.5 Å². The van der Waals surface area contributed by atoms with Crippen LogP contribution in [0.5, 0.6) is 17.2 Å². The number of nitrogens with one attached hydrogen (secondary N) is 1. The summed E-state index contributed by atoms with van der Waals surface area (Å²) in [6.45, 7) is 0. The van der Waals surface area contributed by atoms with Gasteiger partial charge in [-0.15, -0.1) is 0 Å². The van der Waals surface area contributed by atoms with Crippen LogP contribution in [-0.4, -0.2) is 32.2 Å². The number of oxazole rings is 1. The molecule has 0 bridgehead atoms. The van der Waals surface area contributed by atoms with Crippen molar-refractivity contribution < 1.29 is 23.4 Å². The molecule has 0 spiro atoms. The number of benzene rings is 2. The minimum absolute atomic E-state index is 0.107. The van der Waals surface area contributed by atoms with Crippen molar-refractivity contribution in [3.63, 3.8) is 0 Å². The number of hydrogen-bond donors (Lipinski definition) is 1. The zero-order valence-corrected chi connectivity index (χ0v) is 15.7. The summed E-state index contributed by atoms with van der Waals surface area (Å²) in [5.41, 5.74) is 1.11. The fraction of sp³-hybridized carbons (Fsp3) is 0.158. The number of anilines is 1. The molecule has 1 N–H and O–H groups in total. The smallest absolute Gasteiger partial charge is 0.278 e. The summed E-state index contributed by atoms with van der Waals surface area (Å²) >= 11 is 6.10. The van der Waals surface area contributed by atoms with Crippen molar-refractivity contribution in [1.29, 1.82) is 0 Å². The Labute approximate surface area is 160 Å². The van der Waals surface area contributed by atoms with Gasteiger partial charge < -0.3 is 23.9 Å². The number of amides is 1. The number of aromatic nitrogens is 1. The third kappa shape index (κ3) is 3.68. The molecule has 0 unspecified atom stereocenters. The molecule has 3 aromatic rings. The summed E-state index contributed by atoms with van der Waals surface area (Å²) < 4.78 is 21.2. The van der Waals surface area contributed by atoms with Crippen LogP contribution < -0.4 is 19.5 Å². The highest BCUT2D eigenvalue weighted by atomic mass is 35.5. The highest BCUT2D eigenvalue weighted by Gasteiger charge is 2.22. The summed E-state index contributed by atoms with van der Waals surface area (Å²) in [5, 5.41) is 3.11. The third-order valence-electron chi connectivity index (χ3n) is 3.86. The van der Waals surface area contributed by atoms with Gasteiger partial charge in [-0.05, 0) is 12.1 Å². The molecule has 3 rings (SSSR count). The number of ether oxygens (including phenoxy) is 3. The molecule has 0 aliphatic carbocycles. The van der Waals surface area contributed by atoms with Crippen molar-refractivity contribution in [3.8, 4) is 28.6 Å². The Morgan fingerprint density at radius 2 is 1.74 bits per heavy atom. The van der Waals surface area contributed by atoms with Gasteiger partial charge in [-0.1, -0.05) is 23.7 Å². The maximum Gasteiger partial charge on any atom is 0.278 e. The predicted octanol–water partition coefficient (Wildman–Crippen LogP) is 4.27. The predicted molar refractivity (Wildman–Crippen MR) is 101 cm³/mol. The summed E-state index contributed by atoms with van der Waals surface area (Å²) in [7, 11) is 4.50. The minimum atomic E-state index is -0.479. The van der Waals surface area contributed by atoms with Crippen LogP contribution in [0.25, 0.3) is 11.3 Å². The first-order valence-electron chi connectivity index (χ1n) is 7.88. The fourth-order valence-corrected chi connectivity index (χ4v) is 2.80. The molecule has 1 heterocycles. The van der Waals surface area contributed by atoms with Gasteiger partial charge in [0, 0.05) is 12.1 Å². The Balaban J connectivity index is 1.96. The van der Waals surface area contributed by atoms with Crippen molar-refractivity contribution in [2.75, 3.05) is 26.6 Å². The average Bonchev–Trinajstić information content (AvgIpc) is 3.18. The number of carbonyl (C=O) groups excluding carboxylic acids is 1. The van der Waals surface area contributed by atoms with Gasteiger partial charge in [0.05, 0.1) is 37.6 Å². The number of para-hydroxylation sites is 1. The number of carbonyl (C=O) groups is 1. The maximum absolute atomic E-state index is 12.8. The summed E-state index contributed by atoms with van der Waals surface area (Å²) in [6, 6.07) is 10.3. The normalized spacial score (nSPS) is 10.4. The van der Waals surface area contributed by atoms with E-state index < -0.39 is 5.91 Å². The Kier molecular flexibility index (Phi) is 5.52. The Morgan fingerprint density at radius 3 is 2.44 bits per heavy atom. The Morgan fingerprint density at radius 1 is 1.04 bits per heavy atom. The van der Waals surface area contributed by atoms with Gasteiger partial charge in [-0.3, -0.25) is 4.79 Å². The van der Waals surface area contributed by atoms with Gasteiger partial charge in [0.15, 0.2) is 17.8 Å². The molecule has 0 atom stereocenters. The monoisotopic (exact) mass is 388 g/mol. The number of nitrogens with zero attached hydrogens (tertiary/aromatic N) is 1. The molecule has 0 aliphatic heterocycles. The second-order valence-corrected chi connectivity index (χ2v) is 5.78. The zero-order valence-electron chi connectivity index (χ0n) is 14.9. The van der Waals surface area contributed by atoms with E-state index in [2.05, 4.69) is 10.3 Å². The molecule has 8 heteroatoms. The van der Waals surface area contributed by atoms with Gasteiger partial charge in [-0.2, -0.15) is 0 Å². The van der Waals surface area contributed by atoms with E-state index in [0.717, 1.165) is 0 Å². The molecule has 1 aromatic heterocycles. The highest BCUT2D eigenvalue weighted by Crippen LogP contribution is 2.37. The molecule has 0 aliphatic rings. The molecule has 2 aromatic carbocycles. The second-order valence-electron chi connectivity index (χ2n) is 5.37.